The number of fused-ring (bicyclic) bond motifs is 1. The van der Waals surface area contributed by atoms with Crippen molar-refractivity contribution >= 4 is 28.6 Å². The van der Waals surface area contributed by atoms with Gasteiger partial charge < -0.3 is 9.84 Å². The summed E-state index contributed by atoms with van der Waals surface area (Å²) < 4.78 is 44.4. The summed E-state index contributed by atoms with van der Waals surface area (Å²) in [6, 6.07) is 4.06. The number of aliphatic hydroxyl groups excluding tert-OH is 1. The van der Waals surface area contributed by atoms with Crippen LogP contribution in [0.15, 0.2) is 24.4 Å². The number of halogens is 4. The Hall–Kier alpha value is -1.73. The first-order valence-corrected chi connectivity index (χ1v) is 7.21. The van der Waals surface area contributed by atoms with Gasteiger partial charge in [-0.2, -0.15) is 13.2 Å². The van der Waals surface area contributed by atoms with Crippen LogP contribution in [-0.4, -0.2) is 28.6 Å². The Bertz CT molecular complexity index is 725. The number of carbonyl (C=O) groups is 1. The number of aromatic nitrogens is 1. The van der Waals surface area contributed by atoms with Crippen molar-refractivity contribution in [2.24, 2.45) is 5.92 Å². The van der Waals surface area contributed by atoms with E-state index in [1.165, 1.54) is 18.2 Å². The Morgan fingerprint density at radius 1 is 1.39 bits per heavy atom. The van der Waals surface area contributed by atoms with Crippen LogP contribution < -0.4 is 0 Å². The topological polar surface area (TPSA) is 51.5 Å². The van der Waals surface area contributed by atoms with Crippen molar-refractivity contribution in [3.63, 3.8) is 0 Å². The molecule has 2 rings (SSSR count). The Morgan fingerprint density at radius 3 is 2.61 bits per heavy atom. The molecule has 1 atom stereocenters. The van der Waals surface area contributed by atoms with E-state index < -0.39 is 23.9 Å². The quantitative estimate of drug-likeness (QED) is 0.885. The van der Waals surface area contributed by atoms with Crippen LogP contribution in [0.5, 0.6) is 0 Å². The van der Waals surface area contributed by atoms with Crippen LogP contribution in [0.3, 0.4) is 0 Å². The van der Waals surface area contributed by atoms with Gasteiger partial charge in [0.15, 0.2) is 6.10 Å². The summed E-state index contributed by atoms with van der Waals surface area (Å²) in [6.07, 6.45) is -7.44. The molecule has 0 fully saturated rings. The minimum atomic E-state index is -4.85. The number of hydrogen-bond donors (Lipinski definition) is 1. The molecular weight excluding hydrogens is 335 g/mol. The van der Waals surface area contributed by atoms with Crippen LogP contribution >= 0.6 is 11.6 Å². The number of rotatable bonds is 3. The normalized spacial score (nSPS) is 13.6. The third-order valence-electron chi connectivity index (χ3n) is 3.14. The lowest BCUT2D eigenvalue weighted by atomic mass is 10.1. The largest absolute Gasteiger partial charge is 0.449 e. The summed E-state index contributed by atoms with van der Waals surface area (Å²) in [5.74, 6) is 0.0737. The van der Waals surface area contributed by atoms with Crippen LogP contribution in [-0.2, 0) is 4.74 Å². The van der Waals surface area contributed by atoms with Crippen molar-refractivity contribution in [3.05, 3.63) is 35.0 Å². The van der Waals surface area contributed by atoms with Crippen LogP contribution in [0, 0.1) is 5.92 Å². The number of nitrogens with zero attached hydrogens (tertiary/aromatic N) is 1. The van der Waals surface area contributed by atoms with Gasteiger partial charge in [0.25, 0.3) is 0 Å². The maximum atomic E-state index is 12.8. The molecule has 1 aromatic heterocycles. The Morgan fingerprint density at radius 2 is 2.04 bits per heavy atom. The molecule has 8 heteroatoms. The van der Waals surface area contributed by atoms with Crippen molar-refractivity contribution < 1.29 is 27.8 Å². The smallest absolute Gasteiger partial charge is 0.418 e. The molecule has 23 heavy (non-hydrogen) atoms. The molecule has 1 heterocycles. The van der Waals surface area contributed by atoms with Gasteiger partial charge in [0.05, 0.1) is 12.1 Å². The van der Waals surface area contributed by atoms with E-state index in [9.17, 15) is 23.1 Å². The summed E-state index contributed by atoms with van der Waals surface area (Å²) in [7, 11) is 0. The third kappa shape index (κ3) is 3.79. The lowest BCUT2D eigenvalue weighted by Crippen LogP contribution is -2.20. The predicted octanol–water partition coefficient (Wildman–Crippen LogP) is 4.53. The highest BCUT2D eigenvalue weighted by Gasteiger charge is 2.41. The zero-order chi connectivity index (χ0) is 17.4. The fourth-order valence-corrected chi connectivity index (χ4v) is 2.25. The van der Waals surface area contributed by atoms with Gasteiger partial charge >= 0.3 is 12.3 Å². The van der Waals surface area contributed by atoms with E-state index in [2.05, 4.69) is 0 Å². The molecule has 1 aromatic carbocycles. The van der Waals surface area contributed by atoms with Gasteiger partial charge in [-0.3, -0.25) is 4.57 Å². The van der Waals surface area contributed by atoms with E-state index in [1.807, 2.05) is 13.8 Å². The molecule has 0 saturated carbocycles. The van der Waals surface area contributed by atoms with Crippen LogP contribution in [0.25, 0.3) is 10.9 Å². The van der Waals surface area contributed by atoms with Crippen molar-refractivity contribution in [2.45, 2.75) is 26.1 Å². The monoisotopic (exact) mass is 349 g/mol. The van der Waals surface area contributed by atoms with E-state index in [0.29, 0.717) is 0 Å². The molecule has 0 aliphatic heterocycles. The van der Waals surface area contributed by atoms with E-state index in [1.54, 1.807) is 0 Å². The molecule has 2 aromatic rings. The first-order valence-electron chi connectivity index (χ1n) is 6.83. The lowest BCUT2D eigenvalue weighted by Gasteiger charge is -2.13. The maximum Gasteiger partial charge on any atom is 0.418 e. The first-order chi connectivity index (χ1) is 10.6. The van der Waals surface area contributed by atoms with E-state index in [0.717, 1.165) is 10.8 Å². The second kappa shape index (κ2) is 6.41. The average molecular weight is 350 g/mol. The molecule has 1 unspecified atom stereocenters. The Labute approximate surface area is 135 Å². The third-order valence-corrected chi connectivity index (χ3v) is 3.38. The van der Waals surface area contributed by atoms with E-state index >= 15 is 0 Å². The second-order valence-corrected chi connectivity index (χ2v) is 5.97. The Balaban J connectivity index is 2.53. The van der Waals surface area contributed by atoms with Crippen LogP contribution in [0.1, 0.15) is 25.5 Å². The standard InChI is InChI=1S/C15H15ClF3NO3/c1-8(2)7-23-14(22)20-6-11(13(21)15(17,18)19)10-4-3-9(16)5-12(10)20/h3-6,8,13,21H,7H2,1-2H3. The molecule has 126 valence electrons. The second-order valence-electron chi connectivity index (χ2n) is 5.53. The number of alkyl halides is 3. The molecule has 0 aliphatic rings. The van der Waals surface area contributed by atoms with Gasteiger partial charge in [0, 0.05) is 22.2 Å². The number of hydrogen-bond acceptors (Lipinski definition) is 3. The van der Waals surface area contributed by atoms with Crippen LogP contribution in [0.4, 0.5) is 18.0 Å². The summed E-state index contributed by atoms with van der Waals surface area (Å²) in [5, 5.41) is 9.85. The SMILES string of the molecule is CC(C)COC(=O)n1cc(C(O)C(F)(F)F)c2ccc(Cl)cc21. The zero-order valence-electron chi connectivity index (χ0n) is 12.4. The number of aliphatic hydroxyl groups is 1. The highest BCUT2D eigenvalue weighted by atomic mass is 35.5. The zero-order valence-corrected chi connectivity index (χ0v) is 13.1. The van der Waals surface area contributed by atoms with Crippen molar-refractivity contribution in [2.75, 3.05) is 6.61 Å². The summed E-state index contributed by atoms with van der Waals surface area (Å²) in [4.78, 5) is 12.1. The maximum absolute atomic E-state index is 12.8. The highest BCUT2D eigenvalue weighted by molar-refractivity contribution is 6.31. The molecule has 0 saturated heterocycles. The van der Waals surface area contributed by atoms with E-state index in [-0.39, 0.29) is 28.5 Å². The number of ether oxygens (including phenoxy) is 1. The number of carbonyl (C=O) groups excluding carboxylic acids is 1. The predicted molar refractivity (Wildman–Crippen MR) is 79.5 cm³/mol. The molecular formula is C15H15ClF3NO3. The summed E-state index contributed by atoms with van der Waals surface area (Å²) in [6.45, 7) is 3.78. The minimum absolute atomic E-state index is 0.0737. The van der Waals surface area contributed by atoms with Gasteiger partial charge in [0.2, 0.25) is 0 Å². The Kier molecular flexibility index (Phi) is 4.91. The molecule has 0 spiro atoms. The van der Waals surface area contributed by atoms with Crippen molar-refractivity contribution in [1.29, 1.82) is 0 Å². The van der Waals surface area contributed by atoms with Crippen molar-refractivity contribution in [1.82, 2.24) is 4.57 Å². The minimum Gasteiger partial charge on any atom is -0.449 e. The van der Waals surface area contributed by atoms with E-state index in [4.69, 9.17) is 16.3 Å². The molecule has 0 amide bonds. The average Bonchev–Trinajstić information content (AvgIpc) is 2.81. The lowest BCUT2D eigenvalue weighted by molar-refractivity contribution is -0.206. The van der Waals surface area contributed by atoms with Gasteiger partial charge in [-0.05, 0) is 18.1 Å². The fourth-order valence-electron chi connectivity index (χ4n) is 2.08. The summed E-state index contributed by atoms with van der Waals surface area (Å²) in [5.41, 5.74) is -0.282. The van der Waals surface area contributed by atoms with Crippen LogP contribution in [0.2, 0.25) is 5.02 Å². The van der Waals surface area contributed by atoms with Crippen molar-refractivity contribution in [3.8, 4) is 0 Å². The molecule has 4 nitrogen and oxygen atoms in total. The molecule has 0 bridgehead atoms. The van der Waals surface area contributed by atoms with Gasteiger partial charge in [-0.1, -0.05) is 31.5 Å². The molecule has 0 radical (unpaired) electrons. The van der Waals surface area contributed by atoms with Gasteiger partial charge in [-0.25, -0.2) is 4.79 Å². The number of benzene rings is 1. The highest BCUT2D eigenvalue weighted by Crippen LogP contribution is 2.37. The fraction of sp³-hybridized carbons (Fsp3) is 0.400. The molecule has 1 N–H and O–H groups in total. The summed E-state index contributed by atoms with van der Waals surface area (Å²) >= 11 is 5.85. The van der Waals surface area contributed by atoms with Gasteiger partial charge in [-0.15, -0.1) is 0 Å². The van der Waals surface area contributed by atoms with Gasteiger partial charge in [0.1, 0.15) is 0 Å². The first kappa shape index (κ1) is 17.6. The molecule has 0 aliphatic carbocycles.